The number of ether oxygens (including phenoxy) is 1. The maximum atomic E-state index is 14.5. The van der Waals surface area contributed by atoms with Gasteiger partial charge in [-0.2, -0.15) is 12.6 Å². The largest absolute Gasteiger partial charge is 0.381 e. The maximum absolute atomic E-state index is 14.5. The first-order chi connectivity index (χ1) is 19.8. The fourth-order valence-corrected chi connectivity index (χ4v) is 5.64. The van der Waals surface area contributed by atoms with Crippen LogP contribution in [0.4, 0.5) is 4.39 Å². The molecule has 0 radical (unpaired) electrons. The Morgan fingerprint density at radius 1 is 1.27 bits per heavy atom. The molecule has 0 spiro atoms. The summed E-state index contributed by atoms with van der Waals surface area (Å²) in [5.41, 5.74) is 5.67. The molecule has 1 atom stereocenters. The van der Waals surface area contributed by atoms with Crippen LogP contribution in [0.15, 0.2) is 16.9 Å². The summed E-state index contributed by atoms with van der Waals surface area (Å²) in [6.45, 7) is 8.80. The van der Waals surface area contributed by atoms with Crippen molar-refractivity contribution in [3.8, 4) is 11.4 Å². The second kappa shape index (κ2) is 14.7. The molecule has 0 saturated carbocycles. The summed E-state index contributed by atoms with van der Waals surface area (Å²) >= 11 is 3.98. The number of amides is 1. The van der Waals surface area contributed by atoms with E-state index < -0.39 is 6.10 Å². The molecule has 8 nitrogen and oxygen atoms in total. The zero-order valence-electron chi connectivity index (χ0n) is 24.5. The number of aliphatic hydroxyl groups is 1. The topological polar surface area (TPSA) is 111 Å². The van der Waals surface area contributed by atoms with Crippen molar-refractivity contribution in [2.75, 3.05) is 19.4 Å². The summed E-state index contributed by atoms with van der Waals surface area (Å²) in [7, 11) is 1.46. The molecule has 3 aromatic rings. The number of rotatable bonds is 8. The number of nitrogens with zero attached hydrogens (tertiary/aromatic N) is 2. The summed E-state index contributed by atoms with van der Waals surface area (Å²) in [5.74, 6) is 0.643. The number of benzene rings is 1. The van der Waals surface area contributed by atoms with Crippen LogP contribution in [0.2, 0.25) is 0 Å². The van der Waals surface area contributed by atoms with Crippen LogP contribution >= 0.6 is 12.6 Å². The van der Waals surface area contributed by atoms with Crippen molar-refractivity contribution in [3.63, 3.8) is 0 Å². The van der Waals surface area contributed by atoms with Crippen molar-refractivity contribution < 1.29 is 23.8 Å². The molecule has 0 bridgehead atoms. The van der Waals surface area contributed by atoms with Crippen molar-refractivity contribution >= 4 is 35.7 Å². The van der Waals surface area contributed by atoms with E-state index in [-0.39, 0.29) is 35.0 Å². The van der Waals surface area contributed by atoms with E-state index in [1.165, 1.54) is 13.2 Å². The molecule has 3 heterocycles. The molecule has 1 amide bonds. The number of aryl methyl sites for hydroxylation is 2. The number of fused-ring (bicyclic) bond motifs is 4. The van der Waals surface area contributed by atoms with E-state index in [1.807, 2.05) is 20.8 Å². The Morgan fingerprint density at radius 3 is 2.61 bits per heavy atom. The summed E-state index contributed by atoms with van der Waals surface area (Å²) in [6, 6.07) is 3.10. The van der Waals surface area contributed by atoms with Gasteiger partial charge in [0.15, 0.2) is 6.29 Å². The van der Waals surface area contributed by atoms with Gasteiger partial charge < -0.3 is 24.5 Å². The number of carbonyl (C=O) groups excluding carboxylic acids is 2. The Morgan fingerprint density at radius 2 is 1.98 bits per heavy atom. The molecule has 1 aromatic carbocycles. The van der Waals surface area contributed by atoms with Crippen LogP contribution < -0.4 is 10.9 Å². The van der Waals surface area contributed by atoms with Crippen LogP contribution in [0.5, 0.6) is 0 Å². The van der Waals surface area contributed by atoms with Gasteiger partial charge in [0.2, 0.25) is 5.91 Å². The first kappa shape index (κ1) is 32.4. The molecule has 0 fully saturated rings. The van der Waals surface area contributed by atoms with Gasteiger partial charge in [-0.3, -0.25) is 9.59 Å². The molecular weight excluding hydrogens is 545 g/mol. The van der Waals surface area contributed by atoms with Crippen LogP contribution in [0.25, 0.3) is 22.3 Å². The third-order valence-corrected chi connectivity index (χ3v) is 7.65. The van der Waals surface area contributed by atoms with Gasteiger partial charge in [-0.1, -0.05) is 13.8 Å². The number of hydrogen-bond donors (Lipinski definition) is 3. The molecule has 0 saturated heterocycles. The lowest BCUT2D eigenvalue weighted by Gasteiger charge is -2.21. The molecule has 5 rings (SSSR count). The lowest BCUT2D eigenvalue weighted by Crippen LogP contribution is -2.26. The van der Waals surface area contributed by atoms with Gasteiger partial charge in [0.25, 0.3) is 5.56 Å². The molecule has 41 heavy (non-hydrogen) atoms. The SMILES string of the molecule is CC.CCNC(=O)CCCS.COCc1c(C(O)C=O)cc2n(c1=O)Cc1c-2nc2cc(F)c(C)c3c2c1CCC3. The number of methoxy groups -OCH3 is 1. The highest BCUT2D eigenvalue weighted by atomic mass is 32.1. The monoisotopic (exact) mass is 585 g/mol. The van der Waals surface area contributed by atoms with Crippen molar-refractivity contribution in [3.05, 3.63) is 61.7 Å². The van der Waals surface area contributed by atoms with E-state index in [1.54, 1.807) is 17.6 Å². The Kier molecular flexibility index (Phi) is 11.6. The lowest BCUT2D eigenvalue weighted by molar-refractivity contribution is -0.121. The average Bonchev–Trinajstić information content (AvgIpc) is 3.36. The van der Waals surface area contributed by atoms with Crippen LogP contribution in [0.1, 0.15) is 79.5 Å². The fraction of sp³-hybridized carbons (Fsp3) is 0.484. The highest BCUT2D eigenvalue weighted by Gasteiger charge is 2.31. The number of halogens is 1. The second-order valence-electron chi connectivity index (χ2n) is 9.78. The average molecular weight is 586 g/mol. The van der Waals surface area contributed by atoms with Crippen molar-refractivity contribution in [2.45, 2.75) is 79.1 Å². The van der Waals surface area contributed by atoms with Gasteiger partial charge in [-0.15, -0.1) is 0 Å². The minimum Gasteiger partial charge on any atom is -0.381 e. The minimum absolute atomic E-state index is 0.00743. The lowest BCUT2D eigenvalue weighted by atomic mass is 9.85. The Hall–Kier alpha value is -3.08. The molecule has 2 aromatic heterocycles. The molecular formula is C31H40FN3O5S. The van der Waals surface area contributed by atoms with Gasteiger partial charge in [0.1, 0.15) is 11.9 Å². The number of aromatic nitrogens is 2. The van der Waals surface area contributed by atoms with Gasteiger partial charge >= 0.3 is 0 Å². The Balaban J connectivity index is 0.000000362. The molecule has 1 aliphatic heterocycles. The van der Waals surface area contributed by atoms with E-state index in [4.69, 9.17) is 9.72 Å². The maximum Gasteiger partial charge on any atom is 0.257 e. The minimum atomic E-state index is -1.43. The molecule has 2 aliphatic rings. The fourth-order valence-electron chi connectivity index (χ4n) is 5.48. The number of nitrogens with one attached hydrogen (secondary N) is 1. The first-order valence-corrected chi connectivity index (χ1v) is 14.8. The van der Waals surface area contributed by atoms with Crippen molar-refractivity contribution in [1.82, 2.24) is 14.9 Å². The number of aldehydes is 1. The number of thiol groups is 1. The predicted octanol–water partition coefficient (Wildman–Crippen LogP) is 4.60. The number of pyridine rings is 2. The molecule has 10 heteroatoms. The first-order valence-electron chi connectivity index (χ1n) is 14.2. The van der Waals surface area contributed by atoms with Gasteiger partial charge in [-0.05, 0) is 68.0 Å². The van der Waals surface area contributed by atoms with E-state index in [9.17, 15) is 23.9 Å². The quantitative estimate of drug-likeness (QED) is 0.206. The molecule has 1 aliphatic carbocycles. The normalized spacial score (nSPS) is 13.3. The molecule has 1 unspecified atom stereocenters. The summed E-state index contributed by atoms with van der Waals surface area (Å²) in [5, 5.41) is 13.9. The highest BCUT2D eigenvalue weighted by molar-refractivity contribution is 7.80. The van der Waals surface area contributed by atoms with Crippen LogP contribution in [-0.2, 0) is 40.3 Å². The second-order valence-corrected chi connectivity index (χ2v) is 10.2. The van der Waals surface area contributed by atoms with Gasteiger partial charge in [-0.25, -0.2) is 9.37 Å². The van der Waals surface area contributed by atoms with E-state index in [0.29, 0.717) is 41.7 Å². The zero-order valence-corrected chi connectivity index (χ0v) is 25.4. The number of hydrogen-bond acceptors (Lipinski definition) is 7. The standard InChI is InChI=1S/C23H21FN2O4.C6H13NOS.C2H6/c1-11-12-4-3-5-13-15-8-26-19(22(15)25-18(21(12)13)7-17(11)24)6-14(20(28)9-27)16(10-30-2)23(26)29;1-2-7-6(8)4-3-5-9;1-2/h6-7,9,20,28H,3-5,8,10H2,1-2H3;9H,2-5H2,1H3,(H,7,8);1-2H3. The van der Waals surface area contributed by atoms with E-state index >= 15 is 0 Å². The van der Waals surface area contributed by atoms with Crippen LogP contribution in [-0.4, -0.2) is 46.3 Å². The molecule has 2 N–H and O–H groups in total. The van der Waals surface area contributed by atoms with Crippen LogP contribution in [0.3, 0.4) is 0 Å². The Labute approximate surface area is 245 Å². The number of aliphatic hydroxyl groups excluding tert-OH is 1. The zero-order chi connectivity index (χ0) is 30.3. The highest BCUT2D eigenvalue weighted by Crippen LogP contribution is 2.41. The summed E-state index contributed by atoms with van der Waals surface area (Å²) < 4.78 is 21.3. The van der Waals surface area contributed by atoms with Gasteiger partial charge in [0.05, 0.1) is 30.1 Å². The summed E-state index contributed by atoms with van der Waals surface area (Å²) in [4.78, 5) is 39.9. The predicted molar refractivity (Wildman–Crippen MR) is 162 cm³/mol. The van der Waals surface area contributed by atoms with E-state index in [2.05, 4.69) is 17.9 Å². The van der Waals surface area contributed by atoms with E-state index in [0.717, 1.165) is 60.1 Å². The number of carbonyl (C=O) groups is 2. The van der Waals surface area contributed by atoms with Crippen molar-refractivity contribution in [1.29, 1.82) is 0 Å². The summed E-state index contributed by atoms with van der Waals surface area (Å²) in [6.07, 6.45) is 3.02. The molecule has 222 valence electrons. The third kappa shape index (κ3) is 6.55. The smallest absolute Gasteiger partial charge is 0.257 e. The third-order valence-electron chi connectivity index (χ3n) is 7.34. The van der Waals surface area contributed by atoms with Crippen LogP contribution in [0, 0.1) is 12.7 Å². The van der Waals surface area contributed by atoms with Gasteiger partial charge in [0, 0.05) is 48.2 Å². The Bertz CT molecular complexity index is 1490. The van der Waals surface area contributed by atoms with Crippen molar-refractivity contribution in [2.24, 2.45) is 0 Å².